The Morgan fingerprint density at radius 1 is 1.47 bits per heavy atom. The number of hydrogen-bond donors (Lipinski definition) is 1. The minimum absolute atomic E-state index is 0.566. The van der Waals surface area contributed by atoms with E-state index in [0.717, 1.165) is 11.2 Å². The fourth-order valence-electron chi connectivity index (χ4n) is 2.34. The van der Waals surface area contributed by atoms with Crippen molar-refractivity contribution in [2.75, 3.05) is 0 Å². The molecule has 0 spiro atoms. The van der Waals surface area contributed by atoms with Crippen LogP contribution in [0.4, 0.5) is 0 Å². The maximum absolute atomic E-state index is 3.84. The van der Waals surface area contributed by atoms with Gasteiger partial charge in [-0.3, -0.25) is 0 Å². The van der Waals surface area contributed by atoms with Gasteiger partial charge >= 0.3 is 0 Å². The quantitative estimate of drug-likeness (QED) is 0.850. The molecular weight excluding hydrogens is 246 g/mol. The highest BCUT2D eigenvalue weighted by molar-refractivity contribution is 8.01. The lowest BCUT2D eigenvalue weighted by Gasteiger charge is -2.32. The first kappa shape index (κ1) is 13.4. The average molecular weight is 269 g/mol. The Morgan fingerprint density at radius 2 is 2.24 bits per heavy atom. The van der Waals surface area contributed by atoms with Crippen LogP contribution in [0.15, 0.2) is 15.7 Å². The van der Waals surface area contributed by atoms with Crippen molar-refractivity contribution in [3.05, 3.63) is 17.0 Å². The third kappa shape index (κ3) is 3.07. The zero-order valence-electron chi connectivity index (χ0n) is 11.2. The van der Waals surface area contributed by atoms with Gasteiger partial charge in [0.1, 0.15) is 0 Å². The van der Waals surface area contributed by atoms with Crippen LogP contribution < -0.4 is 5.32 Å². The molecule has 0 bridgehead atoms. The Hall–Kier alpha value is 0.0100. The SMILES string of the molecule is CCC(C)C(C)NC1C[C@H](C)Sc2sccc21. The van der Waals surface area contributed by atoms with Gasteiger partial charge in [0.15, 0.2) is 0 Å². The first-order chi connectivity index (χ1) is 8.11. The van der Waals surface area contributed by atoms with E-state index in [4.69, 9.17) is 0 Å². The number of hydrogen-bond acceptors (Lipinski definition) is 3. The minimum atomic E-state index is 0.566. The third-order valence-corrected chi connectivity index (χ3v) is 6.22. The van der Waals surface area contributed by atoms with Gasteiger partial charge in [-0.15, -0.1) is 23.1 Å². The highest BCUT2D eigenvalue weighted by Crippen LogP contribution is 2.44. The Balaban J connectivity index is 2.07. The number of rotatable bonds is 4. The van der Waals surface area contributed by atoms with Crippen molar-refractivity contribution in [2.24, 2.45) is 5.92 Å². The van der Waals surface area contributed by atoms with Crippen molar-refractivity contribution in [1.29, 1.82) is 0 Å². The van der Waals surface area contributed by atoms with Gasteiger partial charge in [0.25, 0.3) is 0 Å². The number of thiophene rings is 1. The lowest BCUT2D eigenvalue weighted by Crippen LogP contribution is -2.37. The molecule has 2 rings (SSSR count). The lowest BCUT2D eigenvalue weighted by molar-refractivity contribution is 0.338. The predicted octanol–water partition coefficient (Wildman–Crippen LogP) is 4.70. The average Bonchev–Trinajstić information content (AvgIpc) is 2.75. The van der Waals surface area contributed by atoms with Gasteiger partial charge in [0.05, 0.1) is 4.21 Å². The molecule has 0 fully saturated rings. The normalized spacial score (nSPS) is 27.5. The topological polar surface area (TPSA) is 12.0 Å². The van der Waals surface area contributed by atoms with Gasteiger partial charge in [-0.1, -0.05) is 27.2 Å². The maximum Gasteiger partial charge on any atom is 0.0649 e. The Morgan fingerprint density at radius 3 is 2.94 bits per heavy atom. The second-order valence-corrected chi connectivity index (χ2v) is 7.84. The summed E-state index contributed by atoms with van der Waals surface area (Å²) in [5.74, 6) is 0.752. The summed E-state index contributed by atoms with van der Waals surface area (Å²) in [4.78, 5) is 0. The molecule has 0 saturated carbocycles. The third-order valence-electron chi connectivity index (χ3n) is 3.87. The zero-order valence-corrected chi connectivity index (χ0v) is 12.8. The van der Waals surface area contributed by atoms with E-state index in [0.29, 0.717) is 12.1 Å². The molecule has 96 valence electrons. The van der Waals surface area contributed by atoms with Crippen LogP contribution in [-0.2, 0) is 0 Å². The van der Waals surface area contributed by atoms with E-state index in [9.17, 15) is 0 Å². The molecule has 1 nitrogen and oxygen atoms in total. The maximum atomic E-state index is 3.84. The summed E-state index contributed by atoms with van der Waals surface area (Å²) in [5, 5.41) is 6.81. The van der Waals surface area contributed by atoms with Crippen LogP contribution in [0.2, 0.25) is 0 Å². The summed E-state index contributed by atoms with van der Waals surface area (Å²) in [5.41, 5.74) is 1.54. The molecule has 0 aromatic carbocycles. The van der Waals surface area contributed by atoms with E-state index >= 15 is 0 Å². The van der Waals surface area contributed by atoms with Crippen LogP contribution >= 0.6 is 23.1 Å². The predicted molar refractivity (Wildman–Crippen MR) is 79.0 cm³/mol. The van der Waals surface area contributed by atoms with Gasteiger partial charge in [-0.05, 0) is 36.3 Å². The summed E-state index contributed by atoms with van der Waals surface area (Å²) >= 11 is 3.94. The molecule has 3 heteroatoms. The van der Waals surface area contributed by atoms with Gasteiger partial charge < -0.3 is 5.32 Å². The van der Waals surface area contributed by atoms with Crippen molar-refractivity contribution in [3.8, 4) is 0 Å². The Kier molecular flexibility index (Phi) is 4.56. The van der Waals surface area contributed by atoms with Crippen molar-refractivity contribution in [2.45, 2.75) is 62.1 Å². The van der Waals surface area contributed by atoms with Gasteiger partial charge in [-0.2, -0.15) is 0 Å². The summed E-state index contributed by atoms with van der Waals surface area (Å²) < 4.78 is 1.53. The molecule has 1 aliphatic heterocycles. The summed E-state index contributed by atoms with van der Waals surface area (Å²) in [6, 6.07) is 3.48. The van der Waals surface area contributed by atoms with E-state index in [1.54, 1.807) is 0 Å². The van der Waals surface area contributed by atoms with Gasteiger partial charge in [-0.25, -0.2) is 0 Å². The molecule has 1 aromatic rings. The lowest BCUT2D eigenvalue weighted by atomic mass is 9.97. The molecule has 1 aliphatic rings. The van der Waals surface area contributed by atoms with E-state index in [1.807, 2.05) is 23.1 Å². The fourth-order valence-corrected chi connectivity index (χ4v) is 4.91. The number of fused-ring (bicyclic) bond motifs is 1. The van der Waals surface area contributed by atoms with Crippen molar-refractivity contribution >= 4 is 23.1 Å². The molecule has 0 saturated heterocycles. The van der Waals surface area contributed by atoms with E-state index in [2.05, 4.69) is 44.5 Å². The van der Waals surface area contributed by atoms with Crippen LogP contribution in [0.3, 0.4) is 0 Å². The van der Waals surface area contributed by atoms with Gasteiger partial charge in [0, 0.05) is 17.3 Å². The molecule has 0 amide bonds. The molecule has 0 radical (unpaired) electrons. The standard InChI is InChI=1S/C14H23NS2/c1-5-9(2)11(4)15-13-8-10(3)17-14-12(13)6-7-16-14/h6-7,9-11,13,15H,5,8H2,1-4H3/t9?,10-,11?,13?/m0/s1. The summed E-state index contributed by atoms with van der Waals surface area (Å²) in [6.45, 7) is 9.29. The molecule has 1 N–H and O–H groups in total. The molecule has 2 heterocycles. The smallest absolute Gasteiger partial charge is 0.0649 e. The molecule has 4 atom stereocenters. The highest BCUT2D eigenvalue weighted by atomic mass is 32.2. The summed E-state index contributed by atoms with van der Waals surface area (Å²) in [6.07, 6.45) is 2.51. The largest absolute Gasteiger partial charge is 0.307 e. The second-order valence-electron chi connectivity index (χ2n) is 5.22. The minimum Gasteiger partial charge on any atom is -0.307 e. The zero-order chi connectivity index (χ0) is 12.4. The number of nitrogens with one attached hydrogen (secondary N) is 1. The first-order valence-electron chi connectivity index (χ1n) is 6.61. The molecular formula is C14H23NS2. The van der Waals surface area contributed by atoms with Gasteiger partial charge in [0.2, 0.25) is 0 Å². The molecule has 3 unspecified atom stereocenters. The van der Waals surface area contributed by atoms with Crippen molar-refractivity contribution in [3.63, 3.8) is 0 Å². The Bertz CT molecular complexity index is 361. The molecule has 17 heavy (non-hydrogen) atoms. The van der Waals surface area contributed by atoms with Crippen LogP contribution in [0.1, 0.15) is 52.1 Å². The van der Waals surface area contributed by atoms with Crippen LogP contribution in [-0.4, -0.2) is 11.3 Å². The van der Waals surface area contributed by atoms with E-state index in [-0.39, 0.29) is 0 Å². The fraction of sp³-hybridized carbons (Fsp3) is 0.714. The monoisotopic (exact) mass is 269 g/mol. The van der Waals surface area contributed by atoms with Crippen molar-refractivity contribution < 1.29 is 0 Å². The van der Waals surface area contributed by atoms with E-state index in [1.165, 1.54) is 22.6 Å². The molecule has 1 aromatic heterocycles. The van der Waals surface area contributed by atoms with Crippen LogP contribution in [0.25, 0.3) is 0 Å². The second kappa shape index (κ2) is 5.77. The van der Waals surface area contributed by atoms with Crippen molar-refractivity contribution in [1.82, 2.24) is 5.32 Å². The summed E-state index contributed by atoms with van der Waals surface area (Å²) in [7, 11) is 0. The first-order valence-corrected chi connectivity index (χ1v) is 8.37. The van der Waals surface area contributed by atoms with Crippen LogP contribution in [0, 0.1) is 5.92 Å². The molecule has 0 aliphatic carbocycles. The number of thioether (sulfide) groups is 1. The van der Waals surface area contributed by atoms with E-state index < -0.39 is 0 Å². The highest BCUT2D eigenvalue weighted by Gasteiger charge is 2.27. The van der Waals surface area contributed by atoms with Crippen LogP contribution in [0.5, 0.6) is 0 Å². The Labute approximate surface area is 113 Å².